The zero-order valence-electron chi connectivity index (χ0n) is 10.8. The second-order valence-electron chi connectivity index (χ2n) is 4.19. The van der Waals surface area contributed by atoms with Crippen LogP contribution in [0.25, 0.3) is 0 Å². The lowest BCUT2D eigenvalue weighted by atomic mass is 10.2. The quantitative estimate of drug-likeness (QED) is 0.692. The molecule has 0 unspecified atom stereocenters. The van der Waals surface area contributed by atoms with Crippen LogP contribution in [0.4, 0.5) is 14.5 Å². The predicted molar refractivity (Wildman–Crippen MR) is 68.0 cm³/mol. The van der Waals surface area contributed by atoms with Gasteiger partial charge in [-0.1, -0.05) is 0 Å². The average Bonchev–Trinajstić information content (AvgIpc) is 2.42. The fourth-order valence-corrected chi connectivity index (χ4v) is 1.56. The van der Waals surface area contributed by atoms with Gasteiger partial charge in [-0.2, -0.15) is 4.39 Å². The van der Waals surface area contributed by atoms with E-state index in [9.17, 15) is 24.0 Å². The van der Waals surface area contributed by atoms with E-state index in [0.29, 0.717) is 17.8 Å². The molecule has 2 aromatic rings. The van der Waals surface area contributed by atoms with Crippen molar-refractivity contribution in [3.05, 3.63) is 57.9 Å². The Hall–Kier alpha value is -2.61. The van der Waals surface area contributed by atoms with Crippen LogP contribution in [0.5, 0.6) is 11.5 Å². The molecule has 0 spiro atoms. The summed E-state index contributed by atoms with van der Waals surface area (Å²) in [6.45, 7) is 1.52. The average molecular weight is 296 g/mol. The van der Waals surface area contributed by atoms with Crippen LogP contribution in [-0.2, 0) is 0 Å². The number of hydrogen-bond donors (Lipinski definition) is 1. The number of benzene rings is 1. The van der Waals surface area contributed by atoms with Gasteiger partial charge < -0.3 is 9.84 Å². The van der Waals surface area contributed by atoms with Gasteiger partial charge in [-0.25, -0.2) is 4.39 Å². The van der Waals surface area contributed by atoms with Crippen LogP contribution in [0, 0.1) is 21.7 Å². The monoisotopic (exact) mass is 296 g/mol. The number of nitro benzene ring substituents is 1. The molecule has 1 N–H and O–H groups in total. The molecule has 110 valence electrons. The van der Waals surface area contributed by atoms with E-state index in [-0.39, 0.29) is 5.75 Å². The molecule has 1 heterocycles. The maximum absolute atomic E-state index is 13.6. The summed E-state index contributed by atoms with van der Waals surface area (Å²) in [7, 11) is 0. The highest BCUT2D eigenvalue weighted by Crippen LogP contribution is 2.30. The van der Waals surface area contributed by atoms with Crippen molar-refractivity contribution < 1.29 is 23.5 Å². The van der Waals surface area contributed by atoms with Crippen molar-refractivity contribution in [1.82, 2.24) is 4.98 Å². The third kappa shape index (κ3) is 3.29. The van der Waals surface area contributed by atoms with Gasteiger partial charge in [0.2, 0.25) is 5.82 Å². The Morgan fingerprint density at radius 1 is 1.33 bits per heavy atom. The zero-order chi connectivity index (χ0) is 15.6. The molecule has 0 aliphatic heterocycles. The van der Waals surface area contributed by atoms with Gasteiger partial charge in [-0.15, -0.1) is 0 Å². The molecule has 1 aromatic heterocycles. The molecule has 6 nitrogen and oxygen atoms in total. The summed E-state index contributed by atoms with van der Waals surface area (Å²) in [4.78, 5) is 13.3. The second kappa shape index (κ2) is 5.80. The number of aliphatic hydroxyl groups is 1. The van der Waals surface area contributed by atoms with Gasteiger partial charge in [0.15, 0.2) is 11.6 Å². The summed E-state index contributed by atoms with van der Waals surface area (Å²) in [5.74, 6) is -2.66. The standard InChI is InChI=1S/C13H10F2N2O4/c1-7(18)11-3-2-8(6-16-11)21-13-5-9(14)12(17(19)20)4-10(13)15/h2-7,18H,1H3/t7-/m1/s1. The van der Waals surface area contributed by atoms with E-state index in [0.717, 1.165) is 0 Å². The molecule has 0 radical (unpaired) electrons. The van der Waals surface area contributed by atoms with Crippen molar-refractivity contribution in [2.45, 2.75) is 13.0 Å². The minimum absolute atomic E-state index is 0.103. The first-order valence-electron chi connectivity index (χ1n) is 5.84. The number of nitro groups is 1. The molecule has 1 atom stereocenters. The summed E-state index contributed by atoms with van der Waals surface area (Å²) in [6, 6.07) is 3.91. The van der Waals surface area contributed by atoms with Gasteiger partial charge in [0.1, 0.15) is 5.75 Å². The van der Waals surface area contributed by atoms with Crippen molar-refractivity contribution in [2.75, 3.05) is 0 Å². The fourth-order valence-electron chi connectivity index (χ4n) is 1.56. The predicted octanol–water partition coefficient (Wildman–Crippen LogP) is 3.11. The van der Waals surface area contributed by atoms with Crippen LogP contribution in [0.15, 0.2) is 30.5 Å². The Morgan fingerprint density at radius 2 is 2.05 bits per heavy atom. The molecule has 1 aromatic carbocycles. The van der Waals surface area contributed by atoms with Crippen LogP contribution in [0.2, 0.25) is 0 Å². The lowest BCUT2D eigenvalue weighted by Gasteiger charge is -2.08. The van der Waals surface area contributed by atoms with E-state index in [2.05, 4.69) is 4.98 Å². The Balaban J connectivity index is 2.27. The lowest BCUT2D eigenvalue weighted by Crippen LogP contribution is -1.98. The summed E-state index contributed by atoms with van der Waals surface area (Å²) in [6.07, 6.45) is 0.452. The highest BCUT2D eigenvalue weighted by atomic mass is 19.1. The third-order valence-corrected chi connectivity index (χ3v) is 2.61. The van der Waals surface area contributed by atoms with Crippen LogP contribution in [-0.4, -0.2) is 15.0 Å². The van der Waals surface area contributed by atoms with Crippen LogP contribution in [0.1, 0.15) is 18.7 Å². The molecule has 0 saturated heterocycles. The molecular formula is C13H10F2N2O4. The van der Waals surface area contributed by atoms with Gasteiger partial charge >= 0.3 is 5.69 Å². The zero-order valence-corrected chi connectivity index (χ0v) is 10.8. The molecule has 0 fully saturated rings. The lowest BCUT2D eigenvalue weighted by molar-refractivity contribution is -0.387. The minimum Gasteiger partial charge on any atom is -0.453 e. The number of hydrogen-bond acceptors (Lipinski definition) is 5. The first kappa shape index (κ1) is 14.8. The van der Waals surface area contributed by atoms with E-state index < -0.39 is 34.1 Å². The van der Waals surface area contributed by atoms with Crippen molar-refractivity contribution >= 4 is 5.69 Å². The topological polar surface area (TPSA) is 85.5 Å². The largest absolute Gasteiger partial charge is 0.453 e. The molecule has 0 aliphatic rings. The van der Waals surface area contributed by atoms with Gasteiger partial charge in [-0.3, -0.25) is 15.1 Å². The molecule has 21 heavy (non-hydrogen) atoms. The fraction of sp³-hybridized carbons (Fsp3) is 0.154. The highest BCUT2D eigenvalue weighted by molar-refractivity contribution is 5.41. The summed E-state index contributed by atoms with van der Waals surface area (Å²) >= 11 is 0. The van der Waals surface area contributed by atoms with Gasteiger partial charge in [0.05, 0.1) is 29.0 Å². The highest BCUT2D eigenvalue weighted by Gasteiger charge is 2.19. The number of ether oxygens (including phenoxy) is 1. The summed E-state index contributed by atoms with van der Waals surface area (Å²) < 4.78 is 32.1. The normalized spacial score (nSPS) is 12.0. The van der Waals surface area contributed by atoms with Crippen LogP contribution in [0.3, 0.4) is 0 Å². The number of pyridine rings is 1. The Bertz CT molecular complexity index is 675. The molecule has 0 saturated carbocycles. The van der Waals surface area contributed by atoms with Crippen LogP contribution >= 0.6 is 0 Å². The first-order valence-corrected chi connectivity index (χ1v) is 5.84. The molecule has 0 bridgehead atoms. The van der Waals surface area contributed by atoms with E-state index >= 15 is 0 Å². The molecule has 0 amide bonds. The molecule has 8 heteroatoms. The molecule has 0 aliphatic carbocycles. The second-order valence-corrected chi connectivity index (χ2v) is 4.19. The minimum atomic E-state index is -1.20. The maximum atomic E-state index is 13.6. The Kier molecular flexibility index (Phi) is 4.08. The SMILES string of the molecule is C[C@@H](O)c1ccc(Oc2cc(F)c([N+](=O)[O-])cc2F)cn1. The van der Waals surface area contributed by atoms with Gasteiger partial charge in [0.25, 0.3) is 0 Å². The first-order chi connectivity index (χ1) is 9.88. The van der Waals surface area contributed by atoms with E-state index in [1.54, 1.807) is 0 Å². The Morgan fingerprint density at radius 3 is 2.57 bits per heavy atom. The number of rotatable bonds is 4. The van der Waals surface area contributed by atoms with E-state index in [4.69, 9.17) is 4.74 Å². The number of nitrogens with zero attached hydrogens (tertiary/aromatic N) is 2. The number of halogens is 2. The summed E-state index contributed by atoms with van der Waals surface area (Å²) in [5, 5.41) is 19.8. The van der Waals surface area contributed by atoms with E-state index in [1.807, 2.05) is 0 Å². The number of aliphatic hydroxyl groups excluding tert-OH is 1. The van der Waals surface area contributed by atoms with Crippen LogP contribution < -0.4 is 4.74 Å². The van der Waals surface area contributed by atoms with E-state index in [1.165, 1.54) is 25.3 Å². The molecular weight excluding hydrogens is 286 g/mol. The number of aromatic nitrogens is 1. The summed E-state index contributed by atoms with van der Waals surface area (Å²) in [5.41, 5.74) is -0.583. The maximum Gasteiger partial charge on any atom is 0.307 e. The van der Waals surface area contributed by atoms with Crippen molar-refractivity contribution in [3.63, 3.8) is 0 Å². The van der Waals surface area contributed by atoms with Gasteiger partial charge in [0, 0.05) is 6.07 Å². The van der Waals surface area contributed by atoms with Crippen molar-refractivity contribution in [2.24, 2.45) is 0 Å². The van der Waals surface area contributed by atoms with Crippen molar-refractivity contribution in [3.8, 4) is 11.5 Å². The third-order valence-electron chi connectivity index (χ3n) is 2.61. The smallest absolute Gasteiger partial charge is 0.307 e. The van der Waals surface area contributed by atoms with Gasteiger partial charge in [-0.05, 0) is 19.1 Å². The Labute approximate surface area is 117 Å². The molecule has 2 rings (SSSR count). The van der Waals surface area contributed by atoms with Crippen molar-refractivity contribution in [1.29, 1.82) is 0 Å².